The van der Waals surface area contributed by atoms with Crippen molar-refractivity contribution < 1.29 is 9.59 Å². The first-order valence-corrected chi connectivity index (χ1v) is 6.63. The lowest BCUT2D eigenvalue weighted by molar-refractivity contribution is -0.115. The van der Waals surface area contributed by atoms with Crippen molar-refractivity contribution in [2.45, 2.75) is 20.3 Å². The Morgan fingerprint density at radius 2 is 1.86 bits per heavy atom. The van der Waals surface area contributed by atoms with E-state index < -0.39 is 0 Å². The van der Waals surface area contributed by atoms with E-state index in [9.17, 15) is 9.59 Å². The quantitative estimate of drug-likeness (QED) is 0.797. The van der Waals surface area contributed by atoms with Gasteiger partial charge in [-0.2, -0.15) is 5.10 Å². The van der Waals surface area contributed by atoms with Crippen LogP contribution >= 0.6 is 0 Å². The summed E-state index contributed by atoms with van der Waals surface area (Å²) in [4.78, 5) is 23.5. The fraction of sp³-hybridized carbons (Fsp3) is 0.267. The van der Waals surface area contributed by atoms with Gasteiger partial charge in [0.05, 0.1) is 12.1 Å². The van der Waals surface area contributed by atoms with Crippen LogP contribution in [-0.2, 0) is 11.2 Å². The van der Waals surface area contributed by atoms with Crippen LogP contribution in [0.3, 0.4) is 0 Å². The molecule has 2 aromatic rings. The number of carbonyl (C=O) groups is 2. The lowest BCUT2D eigenvalue weighted by Gasteiger charge is -2.06. The molecule has 1 aromatic heterocycles. The van der Waals surface area contributed by atoms with Gasteiger partial charge in [-0.1, -0.05) is 0 Å². The fourth-order valence-electron chi connectivity index (χ4n) is 2.05. The number of hydrogen-bond acceptors (Lipinski definition) is 3. The number of anilines is 1. The van der Waals surface area contributed by atoms with Crippen molar-refractivity contribution in [1.82, 2.24) is 15.5 Å². The fourth-order valence-corrected chi connectivity index (χ4v) is 2.05. The largest absolute Gasteiger partial charge is 0.355 e. The monoisotopic (exact) mass is 286 g/mol. The first-order chi connectivity index (χ1) is 10.0. The highest BCUT2D eigenvalue weighted by molar-refractivity contribution is 5.96. The van der Waals surface area contributed by atoms with Gasteiger partial charge in [0.15, 0.2) is 0 Å². The maximum absolute atomic E-state index is 12.0. The molecule has 0 unspecified atom stereocenters. The smallest absolute Gasteiger partial charge is 0.251 e. The molecule has 6 heteroatoms. The van der Waals surface area contributed by atoms with Crippen LogP contribution in [0.2, 0.25) is 0 Å². The molecule has 2 amide bonds. The van der Waals surface area contributed by atoms with E-state index in [1.807, 2.05) is 13.8 Å². The number of hydrogen-bond donors (Lipinski definition) is 3. The first kappa shape index (κ1) is 14.8. The van der Waals surface area contributed by atoms with Crippen molar-refractivity contribution in [3.05, 3.63) is 46.8 Å². The van der Waals surface area contributed by atoms with Crippen LogP contribution in [0.4, 0.5) is 5.69 Å². The number of nitrogens with zero attached hydrogens (tertiary/aromatic N) is 1. The topological polar surface area (TPSA) is 86.9 Å². The predicted molar refractivity (Wildman–Crippen MR) is 80.2 cm³/mol. The molecule has 21 heavy (non-hydrogen) atoms. The molecule has 0 spiro atoms. The summed E-state index contributed by atoms with van der Waals surface area (Å²) in [5.41, 5.74) is 3.85. The van der Waals surface area contributed by atoms with E-state index in [1.54, 1.807) is 31.3 Å². The molecule has 0 bridgehead atoms. The van der Waals surface area contributed by atoms with Crippen LogP contribution in [0.5, 0.6) is 0 Å². The molecule has 1 aromatic carbocycles. The number of amides is 2. The van der Waals surface area contributed by atoms with Crippen molar-refractivity contribution in [3.63, 3.8) is 0 Å². The third kappa shape index (κ3) is 3.47. The summed E-state index contributed by atoms with van der Waals surface area (Å²) in [7, 11) is 1.58. The zero-order valence-corrected chi connectivity index (χ0v) is 12.3. The minimum atomic E-state index is -0.155. The van der Waals surface area contributed by atoms with Gasteiger partial charge < -0.3 is 10.6 Å². The number of aryl methyl sites for hydroxylation is 2. The number of rotatable bonds is 4. The third-order valence-corrected chi connectivity index (χ3v) is 3.28. The van der Waals surface area contributed by atoms with E-state index in [4.69, 9.17) is 0 Å². The van der Waals surface area contributed by atoms with E-state index in [0.717, 1.165) is 17.0 Å². The Morgan fingerprint density at radius 1 is 1.19 bits per heavy atom. The molecular formula is C15H18N4O2. The summed E-state index contributed by atoms with van der Waals surface area (Å²) >= 11 is 0. The Kier molecular flexibility index (Phi) is 4.37. The van der Waals surface area contributed by atoms with E-state index in [0.29, 0.717) is 11.3 Å². The zero-order chi connectivity index (χ0) is 15.4. The van der Waals surface area contributed by atoms with Crippen molar-refractivity contribution in [2.24, 2.45) is 0 Å². The molecule has 0 aliphatic carbocycles. The molecule has 1 heterocycles. The maximum Gasteiger partial charge on any atom is 0.251 e. The second kappa shape index (κ2) is 6.21. The van der Waals surface area contributed by atoms with Gasteiger partial charge in [0.25, 0.3) is 5.91 Å². The van der Waals surface area contributed by atoms with Crippen LogP contribution in [0, 0.1) is 13.8 Å². The van der Waals surface area contributed by atoms with E-state index in [2.05, 4.69) is 20.8 Å². The number of nitrogens with one attached hydrogen (secondary N) is 3. The summed E-state index contributed by atoms with van der Waals surface area (Å²) in [6.07, 6.45) is 0.269. The van der Waals surface area contributed by atoms with Crippen LogP contribution in [0.15, 0.2) is 24.3 Å². The minimum absolute atomic E-state index is 0.115. The summed E-state index contributed by atoms with van der Waals surface area (Å²) in [6.45, 7) is 3.75. The van der Waals surface area contributed by atoms with Crippen LogP contribution in [0.25, 0.3) is 0 Å². The number of aromatic amines is 1. The van der Waals surface area contributed by atoms with Crippen LogP contribution in [-0.4, -0.2) is 29.1 Å². The van der Waals surface area contributed by atoms with Crippen molar-refractivity contribution in [1.29, 1.82) is 0 Å². The van der Waals surface area contributed by atoms with Crippen LogP contribution in [0.1, 0.15) is 27.3 Å². The summed E-state index contributed by atoms with van der Waals surface area (Å²) < 4.78 is 0. The summed E-state index contributed by atoms with van der Waals surface area (Å²) in [6, 6.07) is 6.75. The molecule has 0 aliphatic rings. The van der Waals surface area contributed by atoms with Crippen molar-refractivity contribution in [3.8, 4) is 0 Å². The number of aromatic nitrogens is 2. The van der Waals surface area contributed by atoms with Gasteiger partial charge in [0.2, 0.25) is 5.91 Å². The SMILES string of the molecule is CNC(=O)c1ccc(NC(=O)Cc2c(C)n[nH]c2C)cc1. The molecular weight excluding hydrogens is 268 g/mol. The number of benzene rings is 1. The zero-order valence-electron chi connectivity index (χ0n) is 12.3. The highest BCUT2D eigenvalue weighted by Gasteiger charge is 2.11. The molecule has 0 atom stereocenters. The first-order valence-electron chi connectivity index (χ1n) is 6.63. The Balaban J connectivity index is 2.01. The lowest BCUT2D eigenvalue weighted by atomic mass is 10.1. The van der Waals surface area contributed by atoms with Gasteiger partial charge in [0.1, 0.15) is 0 Å². The van der Waals surface area contributed by atoms with E-state index >= 15 is 0 Å². The van der Waals surface area contributed by atoms with E-state index in [1.165, 1.54) is 0 Å². The second-order valence-electron chi connectivity index (χ2n) is 4.79. The molecule has 0 aliphatic heterocycles. The Labute approximate surface area is 122 Å². The average Bonchev–Trinajstić information content (AvgIpc) is 2.79. The van der Waals surface area contributed by atoms with Crippen LogP contribution < -0.4 is 10.6 Å². The van der Waals surface area contributed by atoms with Gasteiger partial charge in [0, 0.05) is 29.6 Å². The number of carbonyl (C=O) groups excluding carboxylic acids is 2. The molecule has 3 N–H and O–H groups in total. The standard InChI is InChI=1S/C15H18N4O2/c1-9-13(10(2)19-18-9)8-14(20)17-12-6-4-11(5-7-12)15(21)16-3/h4-7H,8H2,1-3H3,(H,16,21)(H,17,20)(H,18,19). The normalized spacial score (nSPS) is 10.2. The molecule has 0 fully saturated rings. The molecule has 0 saturated heterocycles. The van der Waals surface area contributed by atoms with Gasteiger partial charge in [-0.3, -0.25) is 14.7 Å². The van der Waals surface area contributed by atoms with Gasteiger partial charge >= 0.3 is 0 Å². The van der Waals surface area contributed by atoms with Crippen molar-refractivity contribution in [2.75, 3.05) is 12.4 Å². The predicted octanol–water partition coefficient (Wildman–Crippen LogP) is 1.57. The van der Waals surface area contributed by atoms with E-state index in [-0.39, 0.29) is 18.2 Å². The maximum atomic E-state index is 12.0. The number of H-pyrrole nitrogens is 1. The summed E-state index contributed by atoms with van der Waals surface area (Å²) in [5, 5.41) is 12.3. The average molecular weight is 286 g/mol. The van der Waals surface area contributed by atoms with Crippen molar-refractivity contribution >= 4 is 17.5 Å². The highest BCUT2D eigenvalue weighted by Crippen LogP contribution is 2.13. The summed E-state index contributed by atoms with van der Waals surface area (Å²) in [5.74, 6) is -0.271. The molecule has 0 saturated carbocycles. The second-order valence-corrected chi connectivity index (χ2v) is 4.79. The lowest BCUT2D eigenvalue weighted by Crippen LogP contribution is -2.18. The molecule has 0 radical (unpaired) electrons. The van der Waals surface area contributed by atoms with Gasteiger partial charge in [-0.25, -0.2) is 0 Å². The molecule has 2 rings (SSSR count). The third-order valence-electron chi connectivity index (χ3n) is 3.28. The Morgan fingerprint density at radius 3 is 2.38 bits per heavy atom. The molecule has 110 valence electrons. The Hall–Kier alpha value is -2.63. The highest BCUT2D eigenvalue weighted by atomic mass is 16.2. The molecule has 6 nitrogen and oxygen atoms in total. The van der Waals surface area contributed by atoms with Gasteiger partial charge in [-0.15, -0.1) is 0 Å². The minimum Gasteiger partial charge on any atom is -0.355 e. The Bertz CT molecular complexity index is 639. The van der Waals surface area contributed by atoms with Gasteiger partial charge in [-0.05, 0) is 38.1 Å².